The Kier molecular flexibility index (Phi) is 5.37. The molecule has 5 nitrogen and oxygen atoms in total. The lowest BCUT2D eigenvalue weighted by Crippen LogP contribution is -2.38. The highest BCUT2D eigenvalue weighted by Crippen LogP contribution is 2.31. The molecule has 1 heterocycles. The van der Waals surface area contributed by atoms with Crippen molar-refractivity contribution in [2.24, 2.45) is 0 Å². The minimum absolute atomic E-state index is 0.00798. The number of hydrogen-bond donors (Lipinski definition) is 1. The van der Waals surface area contributed by atoms with Crippen molar-refractivity contribution < 1.29 is 24.1 Å². The molecule has 5 heteroatoms. The van der Waals surface area contributed by atoms with Gasteiger partial charge < -0.3 is 24.1 Å². The van der Waals surface area contributed by atoms with Gasteiger partial charge in [0.15, 0.2) is 5.79 Å². The van der Waals surface area contributed by atoms with Gasteiger partial charge in [-0.25, -0.2) is 0 Å². The van der Waals surface area contributed by atoms with Crippen molar-refractivity contribution >= 4 is 0 Å². The van der Waals surface area contributed by atoms with Crippen molar-refractivity contribution in [1.82, 2.24) is 0 Å². The quantitative estimate of drug-likeness (QED) is 0.545. The van der Waals surface area contributed by atoms with Gasteiger partial charge in [-0.15, -0.1) is 6.42 Å². The van der Waals surface area contributed by atoms with E-state index in [2.05, 4.69) is 5.92 Å². The summed E-state index contributed by atoms with van der Waals surface area (Å²) in [6.45, 7) is 3.71. The number of hydrogen-bond acceptors (Lipinski definition) is 5. The number of methoxy groups -OCH3 is 1. The topological polar surface area (TPSA) is 57.2 Å². The van der Waals surface area contributed by atoms with Gasteiger partial charge in [-0.3, -0.25) is 0 Å². The van der Waals surface area contributed by atoms with Gasteiger partial charge in [-0.05, 0) is 20.3 Å². The molecule has 1 N–H and O–H groups in total. The zero-order chi connectivity index (χ0) is 12.9. The highest BCUT2D eigenvalue weighted by atomic mass is 16.8. The second kappa shape index (κ2) is 6.34. The Balaban J connectivity index is 2.68. The maximum Gasteiger partial charge on any atom is 0.165 e. The fourth-order valence-electron chi connectivity index (χ4n) is 1.81. The molecule has 3 atom stereocenters. The van der Waals surface area contributed by atoms with Gasteiger partial charge in [-0.2, -0.15) is 0 Å². The van der Waals surface area contributed by atoms with Gasteiger partial charge in [0.05, 0.1) is 6.10 Å². The van der Waals surface area contributed by atoms with Crippen LogP contribution in [0.4, 0.5) is 0 Å². The van der Waals surface area contributed by atoms with Crippen LogP contribution in [-0.4, -0.2) is 49.7 Å². The van der Waals surface area contributed by atoms with Gasteiger partial charge in [0.1, 0.15) is 19.0 Å². The van der Waals surface area contributed by atoms with Crippen molar-refractivity contribution in [3.05, 3.63) is 0 Å². The van der Waals surface area contributed by atoms with E-state index in [9.17, 15) is 0 Å². The van der Waals surface area contributed by atoms with Crippen LogP contribution in [-0.2, 0) is 18.9 Å². The molecule has 0 aromatic heterocycles. The third-order valence-corrected chi connectivity index (χ3v) is 2.47. The largest absolute Gasteiger partial charge is 0.396 e. The Morgan fingerprint density at radius 3 is 2.71 bits per heavy atom. The van der Waals surface area contributed by atoms with E-state index < -0.39 is 18.0 Å². The fraction of sp³-hybridized carbons (Fsp3) is 0.833. The second-order valence-corrected chi connectivity index (χ2v) is 4.31. The maximum absolute atomic E-state index is 9.02. The van der Waals surface area contributed by atoms with Crippen LogP contribution in [0.1, 0.15) is 20.3 Å². The summed E-state index contributed by atoms with van der Waals surface area (Å²) in [6, 6.07) is 0. The van der Waals surface area contributed by atoms with E-state index in [4.69, 9.17) is 30.5 Å². The summed E-state index contributed by atoms with van der Waals surface area (Å²) < 4.78 is 21.6. The average molecular weight is 244 g/mol. The highest BCUT2D eigenvalue weighted by molar-refractivity contribution is 5.05. The molecule has 0 amide bonds. The first-order valence-electron chi connectivity index (χ1n) is 5.57. The van der Waals surface area contributed by atoms with E-state index in [-0.39, 0.29) is 19.5 Å². The predicted molar refractivity (Wildman–Crippen MR) is 61.1 cm³/mol. The molecule has 1 fully saturated rings. The molecule has 0 spiro atoms. The standard InChI is InChI=1S/C12H20O5/c1-5-9-11(17-12(2,3)16-9)10(6-7-13)15-8-14-4/h1,9-11,13H,6-8H2,2-4H3/t9-,10+,11-/m1/s1. The molecular formula is C12H20O5. The Bertz CT molecular complexity index is 271. The number of rotatable bonds is 6. The van der Waals surface area contributed by atoms with Crippen LogP contribution in [0, 0.1) is 12.3 Å². The number of terminal acetylenes is 1. The third-order valence-electron chi connectivity index (χ3n) is 2.47. The van der Waals surface area contributed by atoms with Crippen LogP contribution < -0.4 is 0 Å². The molecule has 98 valence electrons. The molecular weight excluding hydrogens is 224 g/mol. The summed E-state index contributed by atoms with van der Waals surface area (Å²) in [5.41, 5.74) is 0. The van der Waals surface area contributed by atoms with Crippen LogP contribution >= 0.6 is 0 Å². The molecule has 1 aliphatic heterocycles. The summed E-state index contributed by atoms with van der Waals surface area (Å²) in [5, 5.41) is 9.02. The molecule has 0 bridgehead atoms. The summed E-state index contributed by atoms with van der Waals surface area (Å²) >= 11 is 0. The van der Waals surface area contributed by atoms with Crippen molar-refractivity contribution in [2.75, 3.05) is 20.5 Å². The lowest BCUT2D eigenvalue weighted by Gasteiger charge is -2.24. The number of aliphatic hydroxyl groups excluding tert-OH is 1. The van der Waals surface area contributed by atoms with E-state index in [0.29, 0.717) is 6.42 Å². The molecule has 1 rings (SSSR count). The molecule has 0 saturated carbocycles. The smallest absolute Gasteiger partial charge is 0.165 e. The fourth-order valence-corrected chi connectivity index (χ4v) is 1.81. The summed E-state index contributed by atoms with van der Waals surface area (Å²) in [6.07, 6.45) is 4.62. The Hall–Kier alpha value is -0.640. The Morgan fingerprint density at radius 1 is 1.47 bits per heavy atom. The minimum Gasteiger partial charge on any atom is -0.396 e. The molecule has 0 aliphatic carbocycles. The number of ether oxygens (including phenoxy) is 4. The number of aliphatic hydroxyl groups is 1. The average Bonchev–Trinajstić information content (AvgIpc) is 2.60. The monoisotopic (exact) mass is 244 g/mol. The SMILES string of the molecule is C#C[C@H]1OC(C)(C)O[C@H]1[C@H](CCO)OCOC. The molecule has 0 aromatic carbocycles. The van der Waals surface area contributed by atoms with Gasteiger partial charge >= 0.3 is 0 Å². The van der Waals surface area contributed by atoms with Crippen molar-refractivity contribution in [1.29, 1.82) is 0 Å². The van der Waals surface area contributed by atoms with E-state index in [1.807, 2.05) is 0 Å². The van der Waals surface area contributed by atoms with Crippen LogP contribution in [0.25, 0.3) is 0 Å². The van der Waals surface area contributed by atoms with Gasteiger partial charge in [-0.1, -0.05) is 5.92 Å². The first-order chi connectivity index (χ1) is 8.04. The lowest BCUT2D eigenvalue weighted by molar-refractivity contribution is -0.171. The van der Waals surface area contributed by atoms with Crippen LogP contribution in [0.2, 0.25) is 0 Å². The summed E-state index contributed by atoms with van der Waals surface area (Å²) in [5.74, 6) is 1.80. The van der Waals surface area contributed by atoms with Gasteiger partial charge in [0.2, 0.25) is 0 Å². The molecule has 1 saturated heterocycles. The minimum atomic E-state index is -0.730. The van der Waals surface area contributed by atoms with Crippen molar-refractivity contribution in [3.8, 4) is 12.3 Å². The second-order valence-electron chi connectivity index (χ2n) is 4.31. The third kappa shape index (κ3) is 3.95. The highest BCUT2D eigenvalue weighted by Gasteiger charge is 2.44. The zero-order valence-corrected chi connectivity index (χ0v) is 10.5. The maximum atomic E-state index is 9.02. The van der Waals surface area contributed by atoms with E-state index in [1.165, 1.54) is 7.11 Å². The molecule has 1 aliphatic rings. The Labute approximate surface area is 102 Å². The summed E-state index contributed by atoms with van der Waals surface area (Å²) in [7, 11) is 1.53. The van der Waals surface area contributed by atoms with E-state index >= 15 is 0 Å². The zero-order valence-electron chi connectivity index (χ0n) is 10.5. The molecule has 17 heavy (non-hydrogen) atoms. The molecule has 0 aromatic rings. The van der Waals surface area contributed by atoms with Crippen LogP contribution in [0.15, 0.2) is 0 Å². The molecule has 0 radical (unpaired) electrons. The van der Waals surface area contributed by atoms with Crippen LogP contribution in [0.3, 0.4) is 0 Å². The lowest BCUT2D eigenvalue weighted by atomic mass is 10.1. The van der Waals surface area contributed by atoms with Crippen molar-refractivity contribution in [3.63, 3.8) is 0 Å². The first kappa shape index (κ1) is 14.4. The van der Waals surface area contributed by atoms with Gasteiger partial charge in [0.25, 0.3) is 0 Å². The predicted octanol–water partition coefficient (Wildman–Crippen LogP) is 0.511. The van der Waals surface area contributed by atoms with E-state index in [1.54, 1.807) is 13.8 Å². The van der Waals surface area contributed by atoms with Gasteiger partial charge in [0, 0.05) is 13.7 Å². The van der Waals surface area contributed by atoms with Crippen molar-refractivity contribution in [2.45, 2.75) is 44.4 Å². The van der Waals surface area contributed by atoms with E-state index in [0.717, 1.165) is 0 Å². The Morgan fingerprint density at radius 2 is 2.18 bits per heavy atom. The molecule has 0 unspecified atom stereocenters. The van der Waals surface area contributed by atoms with Crippen LogP contribution in [0.5, 0.6) is 0 Å². The summed E-state index contributed by atoms with van der Waals surface area (Å²) in [4.78, 5) is 0. The normalized spacial score (nSPS) is 28.9. The first-order valence-corrected chi connectivity index (χ1v) is 5.57.